The van der Waals surface area contributed by atoms with E-state index in [9.17, 15) is 9.18 Å². The van der Waals surface area contributed by atoms with E-state index in [-0.39, 0.29) is 18.3 Å². The lowest BCUT2D eigenvalue weighted by Crippen LogP contribution is -2.06. The van der Waals surface area contributed by atoms with Crippen LogP contribution in [0.25, 0.3) is 0 Å². The lowest BCUT2D eigenvalue weighted by molar-refractivity contribution is -0.114. The van der Waals surface area contributed by atoms with Crippen molar-refractivity contribution in [1.29, 1.82) is 0 Å². The molecule has 162 valence electrons. The number of carbonyl (C=O) groups is 1. The molecule has 2 N–H and O–H groups in total. The maximum Gasteiger partial charge on any atom is 0.221 e. The van der Waals surface area contributed by atoms with Crippen LogP contribution in [-0.4, -0.2) is 12.5 Å². The number of benzene rings is 3. The molecule has 1 amide bonds. The molecule has 0 atom stereocenters. The lowest BCUT2D eigenvalue weighted by atomic mass is 10.2. The van der Waals surface area contributed by atoms with Crippen molar-refractivity contribution in [2.45, 2.75) is 27.0 Å². The highest BCUT2D eigenvalue weighted by Crippen LogP contribution is 2.37. The molecular formula is C24H24ClFN2O3. The van der Waals surface area contributed by atoms with Gasteiger partial charge in [0.1, 0.15) is 12.4 Å². The van der Waals surface area contributed by atoms with Crippen molar-refractivity contribution in [3.63, 3.8) is 0 Å². The van der Waals surface area contributed by atoms with E-state index in [4.69, 9.17) is 21.1 Å². The average molecular weight is 443 g/mol. The number of hydrogen-bond acceptors (Lipinski definition) is 4. The minimum Gasteiger partial charge on any atom is -0.490 e. The summed E-state index contributed by atoms with van der Waals surface area (Å²) < 4.78 is 25.4. The SMILES string of the molecule is CCOc1cc(CNc2ccc(NC(C)=O)cc2)cc(Cl)c1OCc1ccccc1F. The van der Waals surface area contributed by atoms with Crippen LogP contribution in [0, 0.1) is 5.82 Å². The zero-order valence-corrected chi connectivity index (χ0v) is 18.1. The van der Waals surface area contributed by atoms with Crippen molar-refractivity contribution >= 4 is 28.9 Å². The first-order valence-corrected chi connectivity index (χ1v) is 10.3. The van der Waals surface area contributed by atoms with Crippen molar-refractivity contribution in [2.24, 2.45) is 0 Å². The van der Waals surface area contributed by atoms with Crippen LogP contribution in [0.1, 0.15) is 25.0 Å². The summed E-state index contributed by atoms with van der Waals surface area (Å²) >= 11 is 6.46. The molecule has 0 radical (unpaired) electrons. The first kappa shape index (κ1) is 22.4. The molecule has 0 spiro atoms. The molecular weight excluding hydrogens is 419 g/mol. The lowest BCUT2D eigenvalue weighted by Gasteiger charge is -2.16. The summed E-state index contributed by atoms with van der Waals surface area (Å²) in [5.41, 5.74) is 2.96. The molecule has 7 heteroatoms. The van der Waals surface area contributed by atoms with Gasteiger partial charge in [0, 0.05) is 30.4 Å². The fourth-order valence-electron chi connectivity index (χ4n) is 2.97. The Balaban J connectivity index is 1.70. The van der Waals surface area contributed by atoms with Gasteiger partial charge in [-0.1, -0.05) is 29.8 Å². The number of ether oxygens (including phenoxy) is 2. The van der Waals surface area contributed by atoms with E-state index >= 15 is 0 Å². The van der Waals surface area contributed by atoms with E-state index in [2.05, 4.69) is 10.6 Å². The van der Waals surface area contributed by atoms with Crippen molar-refractivity contribution in [1.82, 2.24) is 0 Å². The molecule has 3 aromatic carbocycles. The second-order valence-electron chi connectivity index (χ2n) is 6.83. The highest BCUT2D eigenvalue weighted by molar-refractivity contribution is 6.32. The standard InChI is InChI=1S/C24H24ClFN2O3/c1-3-30-23-13-17(14-27-19-8-10-20(11-9-19)28-16(2)29)12-21(25)24(23)31-15-18-6-4-5-7-22(18)26/h4-13,27H,3,14-15H2,1-2H3,(H,28,29). The third-order valence-corrected chi connectivity index (χ3v) is 4.68. The smallest absolute Gasteiger partial charge is 0.221 e. The Morgan fingerprint density at radius 2 is 1.74 bits per heavy atom. The van der Waals surface area contributed by atoms with Gasteiger partial charge in [0.15, 0.2) is 11.5 Å². The first-order valence-electron chi connectivity index (χ1n) is 9.89. The molecule has 5 nitrogen and oxygen atoms in total. The topological polar surface area (TPSA) is 59.6 Å². The zero-order valence-electron chi connectivity index (χ0n) is 17.4. The monoisotopic (exact) mass is 442 g/mol. The first-order chi connectivity index (χ1) is 15.0. The fraction of sp³-hybridized carbons (Fsp3) is 0.208. The second kappa shape index (κ2) is 10.7. The predicted octanol–water partition coefficient (Wildman–Crippen LogP) is 6.03. The average Bonchev–Trinajstić information content (AvgIpc) is 2.73. The number of amides is 1. The molecule has 3 rings (SSSR count). The second-order valence-corrected chi connectivity index (χ2v) is 7.24. The van der Waals surface area contributed by atoms with E-state index in [1.54, 1.807) is 24.3 Å². The summed E-state index contributed by atoms with van der Waals surface area (Å²) in [7, 11) is 0. The van der Waals surface area contributed by atoms with E-state index < -0.39 is 0 Å². The molecule has 0 fully saturated rings. The quantitative estimate of drug-likeness (QED) is 0.425. The van der Waals surface area contributed by atoms with E-state index in [0.717, 1.165) is 16.9 Å². The number of carbonyl (C=O) groups excluding carboxylic acids is 1. The molecule has 0 bridgehead atoms. The van der Waals surface area contributed by atoms with Crippen LogP contribution in [0.4, 0.5) is 15.8 Å². The van der Waals surface area contributed by atoms with E-state index in [0.29, 0.717) is 35.2 Å². The molecule has 0 aliphatic carbocycles. The summed E-state index contributed by atoms with van der Waals surface area (Å²) in [6.45, 7) is 4.33. The number of halogens is 2. The Morgan fingerprint density at radius 1 is 1.03 bits per heavy atom. The highest BCUT2D eigenvalue weighted by Gasteiger charge is 2.14. The van der Waals surface area contributed by atoms with Crippen LogP contribution in [0.5, 0.6) is 11.5 Å². The van der Waals surface area contributed by atoms with Gasteiger partial charge in [0.05, 0.1) is 11.6 Å². The molecule has 3 aromatic rings. The van der Waals surface area contributed by atoms with E-state index in [1.807, 2.05) is 37.3 Å². The van der Waals surface area contributed by atoms with Gasteiger partial charge >= 0.3 is 0 Å². The number of anilines is 2. The van der Waals surface area contributed by atoms with Crippen LogP contribution in [-0.2, 0) is 17.9 Å². The third kappa shape index (κ3) is 6.36. The summed E-state index contributed by atoms with van der Waals surface area (Å²) in [4.78, 5) is 11.1. The van der Waals surface area contributed by atoms with E-state index in [1.165, 1.54) is 13.0 Å². The van der Waals surface area contributed by atoms with Gasteiger partial charge in [-0.25, -0.2) is 4.39 Å². The molecule has 0 heterocycles. The maximum absolute atomic E-state index is 13.9. The van der Waals surface area contributed by atoms with Crippen LogP contribution < -0.4 is 20.1 Å². The summed E-state index contributed by atoms with van der Waals surface area (Å²) in [6.07, 6.45) is 0. The Bertz CT molecular complexity index is 1040. The number of rotatable bonds is 9. The van der Waals surface area contributed by atoms with Crippen molar-refractivity contribution in [3.8, 4) is 11.5 Å². The van der Waals surface area contributed by atoms with Gasteiger partial charge < -0.3 is 20.1 Å². The third-order valence-electron chi connectivity index (χ3n) is 4.40. The normalized spacial score (nSPS) is 10.5. The predicted molar refractivity (Wildman–Crippen MR) is 121 cm³/mol. The molecule has 0 aliphatic heterocycles. The molecule has 0 unspecified atom stereocenters. The zero-order chi connectivity index (χ0) is 22.2. The van der Waals surface area contributed by atoms with Crippen molar-refractivity contribution < 1.29 is 18.7 Å². The molecule has 0 aliphatic rings. The summed E-state index contributed by atoms with van der Waals surface area (Å²) in [5.74, 6) is 0.442. The van der Waals surface area contributed by atoms with Crippen LogP contribution in [0.3, 0.4) is 0 Å². The van der Waals surface area contributed by atoms with Crippen molar-refractivity contribution in [2.75, 3.05) is 17.2 Å². The van der Waals surface area contributed by atoms with Gasteiger partial charge in [-0.2, -0.15) is 0 Å². The fourth-order valence-corrected chi connectivity index (χ4v) is 3.26. The Hall–Kier alpha value is -3.25. The van der Waals surface area contributed by atoms with Gasteiger partial charge in [-0.05, 0) is 55.0 Å². The van der Waals surface area contributed by atoms with Gasteiger partial charge in [-0.15, -0.1) is 0 Å². The Morgan fingerprint density at radius 3 is 2.42 bits per heavy atom. The minimum absolute atomic E-state index is 0.0463. The Labute approximate surface area is 186 Å². The van der Waals surface area contributed by atoms with Crippen LogP contribution >= 0.6 is 11.6 Å². The summed E-state index contributed by atoms with van der Waals surface area (Å²) in [6, 6.07) is 17.5. The highest BCUT2D eigenvalue weighted by atomic mass is 35.5. The molecule has 31 heavy (non-hydrogen) atoms. The number of nitrogens with one attached hydrogen (secondary N) is 2. The van der Waals surface area contributed by atoms with Crippen LogP contribution in [0.2, 0.25) is 5.02 Å². The Kier molecular flexibility index (Phi) is 7.73. The largest absolute Gasteiger partial charge is 0.490 e. The molecule has 0 saturated carbocycles. The van der Waals surface area contributed by atoms with Crippen molar-refractivity contribution in [3.05, 3.63) is 82.6 Å². The molecule has 0 saturated heterocycles. The minimum atomic E-state index is -0.332. The van der Waals surface area contributed by atoms with Crippen LogP contribution in [0.15, 0.2) is 60.7 Å². The van der Waals surface area contributed by atoms with Gasteiger partial charge in [-0.3, -0.25) is 4.79 Å². The van der Waals surface area contributed by atoms with Gasteiger partial charge in [0.25, 0.3) is 0 Å². The number of hydrogen-bond donors (Lipinski definition) is 2. The molecule has 0 aromatic heterocycles. The maximum atomic E-state index is 13.9. The van der Waals surface area contributed by atoms with Gasteiger partial charge in [0.2, 0.25) is 5.91 Å². The summed E-state index contributed by atoms with van der Waals surface area (Å²) in [5, 5.41) is 6.42.